The van der Waals surface area contributed by atoms with Crippen LogP contribution in [0.25, 0.3) is 0 Å². The van der Waals surface area contributed by atoms with Crippen LogP contribution in [-0.2, 0) is 39.4 Å². The summed E-state index contributed by atoms with van der Waals surface area (Å²) in [7, 11) is 0.0344. The quantitative estimate of drug-likeness (QED) is 0.200. The SMILES string of the molecule is C=C.C[S+](Cc1ccc(C(=O)OCc2ccccc2)cc1)c1ccc(O)cc1.O=S(O)O. The third kappa shape index (κ3) is 10.4. The van der Waals surface area contributed by atoms with E-state index in [-0.39, 0.29) is 29.2 Å². The average Bonchev–Trinajstić information content (AvgIpc) is 2.80. The van der Waals surface area contributed by atoms with Crippen molar-refractivity contribution in [3.63, 3.8) is 0 Å². The molecule has 0 aliphatic carbocycles. The summed E-state index contributed by atoms with van der Waals surface area (Å²) in [6, 6.07) is 24.6. The molecular weight excluding hydrogens is 448 g/mol. The Labute approximate surface area is 194 Å². The zero-order valence-corrected chi connectivity index (χ0v) is 19.3. The van der Waals surface area contributed by atoms with Crippen LogP contribution in [0, 0.1) is 0 Å². The van der Waals surface area contributed by atoms with Gasteiger partial charge in [-0.05, 0) is 42.0 Å². The van der Waals surface area contributed by atoms with Gasteiger partial charge in [0.05, 0.1) is 5.56 Å². The van der Waals surface area contributed by atoms with Gasteiger partial charge in [-0.2, -0.15) is 4.21 Å². The van der Waals surface area contributed by atoms with Gasteiger partial charge in [-0.1, -0.05) is 42.5 Å². The molecule has 0 saturated carbocycles. The highest BCUT2D eigenvalue weighted by Crippen LogP contribution is 2.20. The smallest absolute Gasteiger partial charge is 0.338 e. The molecule has 32 heavy (non-hydrogen) atoms. The second-order valence-electron chi connectivity index (χ2n) is 6.26. The first kappa shape index (κ1) is 27.1. The molecule has 6 nitrogen and oxygen atoms in total. The van der Waals surface area contributed by atoms with E-state index in [0.29, 0.717) is 5.56 Å². The molecule has 8 heteroatoms. The molecule has 3 aromatic rings. The lowest BCUT2D eigenvalue weighted by Crippen LogP contribution is -2.06. The molecule has 0 saturated heterocycles. The van der Waals surface area contributed by atoms with Crippen molar-refractivity contribution >= 4 is 28.2 Å². The number of phenolic OH excluding ortho intramolecular Hbond substituents is 1. The number of rotatable bonds is 6. The maximum atomic E-state index is 12.2. The fourth-order valence-corrected chi connectivity index (χ4v) is 4.02. The molecule has 0 aromatic heterocycles. The number of carbonyl (C=O) groups excluding carboxylic acids is 1. The van der Waals surface area contributed by atoms with Crippen LogP contribution >= 0.6 is 0 Å². The minimum atomic E-state index is -2.61. The number of carbonyl (C=O) groups is 1. The van der Waals surface area contributed by atoms with E-state index in [4.69, 9.17) is 18.1 Å². The summed E-state index contributed by atoms with van der Waals surface area (Å²) in [6.45, 7) is 6.28. The Balaban J connectivity index is 0.000000769. The van der Waals surface area contributed by atoms with E-state index in [2.05, 4.69) is 19.4 Å². The van der Waals surface area contributed by atoms with Gasteiger partial charge in [-0.3, -0.25) is 9.11 Å². The molecule has 170 valence electrons. The molecule has 0 amide bonds. The zero-order valence-electron chi connectivity index (χ0n) is 17.7. The molecule has 3 N–H and O–H groups in total. The van der Waals surface area contributed by atoms with Crippen LogP contribution < -0.4 is 0 Å². The topological polar surface area (TPSA) is 104 Å². The van der Waals surface area contributed by atoms with Crippen molar-refractivity contribution in [3.8, 4) is 5.75 Å². The standard InChI is InChI=1S/C22H20O3S.C2H4.H2O3S/c1-26(21-13-11-20(23)12-14-21)16-18-7-9-19(10-8-18)22(24)25-15-17-5-3-2-4-6-17;1-2;1-4(2)3/h2-14H,15-16H2,1H3;1-2H2;(H2,1,2,3)/p+1. The molecule has 1 unspecified atom stereocenters. The van der Waals surface area contributed by atoms with Crippen LogP contribution in [0.4, 0.5) is 0 Å². The van der Waals surface area contributed by atoms with E-state index in [1.165, 1.54) is 10.5 Å². The van der Waals surface area contributed by atoms with Crippen LogP contribution in [0.5, 0.6) is 5.75 Å². The van der Waals surface area contributed by atoms with Crippen molar-refractivity contribution in [2.75, 3.05) is 6.26 Å². The Kier molecular flexibility index (Phi) is 12.7. The molecule has 0 bridgehead atoms. The van der Waals surface area contributed by atoms with Crippen molar-refractivity contribution in [1.29, 1.82) is 0 Å². The molecule has 3 rings (SSSR count). The first-order valence-corrected chi connectivity index (χ1v) is 12.2. The lowest BCUT2D eigenvalue weighted by molar-refractivity contribution is 0.0472. The van der Waals surface area contributed by atoms with Crippen molar-refractivity contribution < 1.29 is 28.0 Å². The largest absolute Gasteiger partial charge is 0.508 e. The van der Waals surface area contributed by atoms with Crippen LogP contribution in [0.15, 0.2) is 96.9 Å². The Morgan fingerprint density at radius 3 is 1.97 bits per heavy atom. The number of hydrogen-bond acceptors (Lipinski definition) is 4. The van der Waals surface area contributed by atoms with E-state index in [1.54, 1.807) is 12.1 Å². The van der Waals surface area contributed by atoms with E-state index in [1.807, 2.05) is 66.7 Å². The summed E-state index contributed by atoms with van der Waals surface area (Å²) in [5.74, 6) is 0.864. The fraction of sp³-hybridized carbons (Fsp3) is 0.125. The number of ether oxygens (including phenoxy) is 1. The fourth-order valence-electron chi connectivity index (χ4n) is 2.56. The number of aromatic hydroxyl groups is 1. The summed E-state index contributed by atoms with van der Waals surface area (Å²) in [5.41, 5.74) is 2.70. The van der Waals surface area contributed by atoms with E-state index in [0.717, 1.165) is 11.3 Å². The third-order valence-electron chi connectivity index (χ3n) is 4.02. The molecule has 0 radical (unpaired) electrons. The Morgan fingerprint density at radius 2 is 1.44 bits per heavy atom. The van der Waals surface area contributed by atoms with E-state index < -0.39 is 11.4 Å². The number of benzene rings is 3. The van der Waals surface area contributed by atoms with Gasteiger partial charge in [0, 0.05) is 16.5 Å². The van der Waals surface area contributed by atoms with Gasteiger partial charge in [0.15, 0.2) is 4.90 Å². The highest BCUT2D eigenvalue weighted by atomic mass is 32.2. The molecule has 0 heterocycles. The maximum Gasteiger partial charge on any atom is 0.338 e. The first-order valence-electron chi connectivity index (χ1n) is 9.36. The second kappa shape index (κ2) is 15.0. The molecule has 3 aromatic carbocycles. The van der Waals surface area contributed by atoms with E-state index in [9.17, 15) is 9.90 Å². The van der Waals surface area contributed by atoms with Gasteiger partial charge >= 0.3 is 5.97 Å². The molecular formula is C24H27O6S2+. The summed E-state index contributed by atoms with van der Waals surface area (Å²) in [5, 5.41) is 9.39. The minimum Gasteiger partial charge on any atom is -0.508 e. The molecule has 0 aliphatic heterocycles. The van der Waals surface area contributed by atoms with Gasteiger partial charge in [0.25, 0.3) is 11.4 Å². The van der Waals surface area contributed by atoms with Crippen LogP contribution in [0.3, 0.4) is 0 Å². The molecule has 0 spiro atoms. The van der Waals surface area contributed by atoms with Crippen molar-refractivity contribution in [2.24, 2.45) is 0 Å². The lowest BCUT2D eigenvalue weighted by Gasteiger charge is -2.07. The Morgan fingerprint density at radius 1 is 0.906 bits per heavy atom. The maximum absolute atomic E-state index is 12.2. The average molecular weight is 476 g/mol. The molecule has 0 fully saturated rings. The highest BCUT2D eigenvalue weighted by molar-refractivity contribution is 7.95. The minimum absolute atomic E-state index is 0.0344. The van der Waals surface area contributed by atoms with Gasteiger partial charge in [-0.15, -0.1) is 13.2 Å². The highest BCUT2D eigenvalue weighted by Gasteiger charge is 2.16. The van der Waals surface area contributed by atoms with Crippen molar-refractivity contribution in [3.05, 3.63) is 109 Å². The van der Waals surface area contributed by atoms with Gasteiger partial charge in [0.1, 0.15) is 24.4 Å². The monoisotopic (exact) mass is 475 g/mol. The predicted molar refractivity (Wildman–Crippen MR) is 130 cm³/mol. The summed E-state index contributed by atoms with van der Waals surface area (Å²) < 4.78 is 28.2. The van der Waals surface area contributed by atoms with Crippen molar-refractivity contribution in [1.82, 2.24) is 0 Å². The Hall–Kier alpha value is -2.91. The number of hydrogen-bond donors (Lipinski definition) is 3. The zero-order chi connectivity index (χ0) is 23.9. The Bertz CT molecular complexity index is 956. The summed E-state index contributed by atoms with van der Waals surface area (Å²) in [4.78, 5) is 13.4. The number of esters is 1. The van der Waals surface area contributed by atoms with Crippen LogP contribution in [0.1, 0.15) is 21.5 Å². The normalized spacial score (nSPS) is 10.8. The summed E-state index contributed by atoms with van der Waals surface area (Å²) >= 11 is -2.61. The van der Waals surface area contributed by atoms with Gasteiger partial charge < -0.3 is 9.84 Å². The van der Waals surface area contributed by atoms with Crippen LogP contribution in [0.2, 0.25) is 0 Å². The lowest BCUT2D eigenvalue weighted by atomic mass is 10.1. The predicted octanol–water partition coefficient (Wildman–Crippen LogP) is 5.04. The third-order valence-corrected chi connectivity index (χ3v) is 5.87. The van der Waals surface area contributed by atoms with Crippen LogP contribution in [-0.4, -0.2) is 30.6 Å². The molecule has 1 atom stereocenters. The first-order chi connectivity index (χ1) is 15.3. The summed E-state index contributed by atoms with van der Waals surface area (Å²) in [6.07, 6.45) is 2.18. The van der Waals surface area contributed by atoms with Gasteiger partial charge in [-0.25, -0.2) is 4.79 Å². The second-order valence-corrected chi connectivity index (χ2v) is 8.76. The van der Waals surface area contributed by atoms with Gasteiger partial charge in [0.2, 0.25) is 0 Å². The van der Waals surface area contributed by atoms with E-state index >= 15 is 0 Å². The van der Waals surface area contributed by atoms with Crippen molar-refractivity contribution in [2.45, 2.75) is 17.3 Å². The molecule has 0 aliphatic rings. The number of phenols is 1.